The largest absolute Gasteiger partial charge is 0.476 e. The Kier molecular flexibility index (Phi) is 2.49. The molecule has 1 aromatic heterocycles. The van der Waals surface area contributed by atoms with Gasteiger partial charge in [-0.2, -0.15) is 5.10 Å². The quantitative estimate of drug-likeness (QED) is 0.721. The van der Waals surface area contributed by atoms with Crippen LogP contribution in [0.15, 0.2) is 12.3 Å². The van der Waals surface area contributed by atoms with Gasteiger partial charge in [-0.05, 0) is 25.5 Å². The van der Waals surface area contributed by atoms with Crippen molar-refractivity contribution >= 4 is 5.97 Å². The predicted octanol–water partition coefficient (Wildman–Crippen LogP) is 0.506. The van der Waals surface area contributed by atoms with Crippen molar-refractivity contribution in [3.05, 3.63) is 18.0 Å². The lowest BCUT2D eigenvalue weighted by Crippen LogP contribution is -2.31. The SMILES string of the molecule is O=C(O)c1ccn(C2CCCNC2)n1. The Labute approximate surface area is 81.7 Å². The molecule has 2 heterocycles. The van der Waals surface area contributed by atoms with Crippen LogP contribution in [0.3, 0.4) is 0 Å². The van der Waals surface area contributed by atoms with E-state index in [0.717, 1.165) is 25.9 Å². The van der Waals surface area contributed by atoms with E-state index in [1.165, 1.54) is 6.07 Å². The third-order valence-electron chi connectivity index (χ3n) is 2.47. The maximum atomic E-state index is 10.6. The van der Waals surface area contributed by atoms with Crippen molar-refractivity contribution in [3.63, 3.8) is 0 Å². The highest BCUT2D eigenvalue weighted by Crippen LogP contribution is 2.15. The summed E-state index contributed by atoms with van der Waals surface area (Å²) in [5.41, 5.74) is 0.121. The van der Waals surface area contributed by atoms with Gasteiger partial charge >= 0.3 is 5.97 Å². The van der Waals surface area contributed by atoms with Crippen LogP contribution in [0.5, 0.6) is 0 Å². The molecular weight excluding hydrogens is 182 g/mol. The zero-order chi connectivity index (χ0) is 9.97. The standard InChI is InChI=1S/C9H13N3O2/c13-9(14)8-3-5-12(11-8)7-2-1-4-10-6-7/h3,5,7,10H,1-2,4,6H2,(H,13,14). The van der Waals surface area contributed by atoms with Crippen molar-refractivity contribution in [2.45, 2.75) is 18.9 Å². The summed E-state index contributed by atoms with van der Waals surface area (Å²) in [6.45, 7) is 1.92. The molecule has 1 aliphatic heterocycles. The molecule has 5 heteroatoms. The topological polar surface area (TPSA) is 67.2 Å². The lowest BCUT2D eigenvalue weighted by atomic mass is 10.1. The first-order valence-electron chi connectivity index (χ1n) is 4.76. The number of nitrogens with one attached hydrogen (secondary N) is 1. The molecule has 1 fully saturated rings. The minimum absolute atomic E-state index is 0.121. The van der Waals surface area contributed by atoms with Crippen LogP contribution in [-0.4, -0.2) is 33.9 Å². The van der Waals surface area contributed by atoms with Gasteiger partial charge in [0, 0.05) is 12.7 Å². The molecular formula is C9H13N3O2. The van der Waals surface area contributed by atoms with Gasteiger partial charge in [-0.25, -0.2) is 4.79 Å². The number of hydrogen-bond acceptors (Lipinski definition) is 3. The average Bonchev–Trinajstić information content (AvgIpc) is 2.68. The fourth-order valence-electron chi connectivity index (χ4n) is 1.71. The summed E-state index contributed by atoms with van der Waals surface area (Å²) in [5, 5.41) is 16.0. The van der Waals surface area contributed by atoms with E-state index < -0.39 is 5.97 Å². The highest BCUT2D eigenvalue weighted by molar-refractivity contribution is 5.85. The number of nitrogens with zero attached hydrogens (tertiary/aromatic N) is 2. The minimum atomic E-state index is -0.965. The smallest absolute Gasteiger partial charge is 0.356 e. The lowest BCUT2D eigenvalue weighted by molar-refractivity contribution is 0.0689. The number of aromatic carboxylic acids is 1. The molecule has 1 unspecified atom stereocenters. The second kappa shape index (κ2) is 3.79. The molecule has 1 aromatic rings. The molecule has 0 spiro atoms. The maximum Gasteiger partial charge on any atom is 0.356 e. The zero-order valence-electron chi connectivity index (χ0n) is 7.81. The van der Waals surface area contributed by atoms with E-state index in [9.17, 15) is 4.79 Å². The Balaban J connectivity index is 2.11. The van der Waals surface area contributed by atoms with Crippen LogP contribution in [0.4, 0.5) is 0 Å². The predicted molar refractivity (Wildman–Crippen MR) is 50.3 cm³/mol. The van der Waals surface area contributed by atoms with E-state index in [0.29, 0.717) is 6.04 Å². The number of aromatic nitrogens is 2. The van der Waals surface area contributed by atoms with Gasteiger partial charge in [-0.3, -0.25) is 4.68 Å². The van der Waals surface area contributed by atoms with Crippen molar-refractivity contribution < 1.29 is 9.90 Å². The second-order valence-corrected chi connectivity index (χ2v) is 3.49. The van der Waals surface area contributed by atoms with Gasteiger partial charge < -0.3 is 10.4 Å². The summed E-state index contributed by atoms with van der Waals surface area (Å²) >= 11 is 0. The molecule has 14 heavy (non-hydrogen) atoms. The lowest BCUT2D eigenvalue weighted by Gasteiger charge is -2.22. The molecule has 0 aliphatic carbocycles. The Hall–Kier alpha value is -1.36. The van der Waals surface area contributed by atoms with E-state index in [1.807, 2.05) is 0 Å². The third-order valence-corrected chi connectivity index (χ3v) is 2.47. The van der Waals surface area contributed by atoms with Crippen LogP contribution < -0.4 is 5.32 Å². The van der Waals surface area contributed by atoms with Gasteiger partial charge in [-0.15, -0.1) is 0 Å². The average molecular weight is 195 g/mol. The summed E-state index contributed by atoms with van der Waals surface area (Å²) in [7, 11) is 0. The molecule has 76 valence electrons. The molecule has 0 amide bonds. The van der Waals surface area contributed by atoms with E-state index in [2.05, 4.69) is 10.4 Å². The number of hydrogen-bond donors (Lipinski definition) is 2. The Bertz CT molecular complexity index is 329. The van der Waals surface area contributed by atoms with E-state index >= 15 is 0 Å². The van der Waals surface area contributed by atoms with Crippen LogP contribution >= 0.6 is 0 Å². The fourth-order valence-corrected chi connectivity index (χ4v) is 1.71. The first kappa shape index (κ1) is 9.21. The van der Waals surface area contributed by atoms with Gasteiger partial charge in [0.05, 0.1) is 6.04 Å². The van der Waals surface area contributed by atoms with Crippen molar-refractivity contribution in [3.8, 4) is 0 Å². The molecule has 1 aliphatic rings. The third kappa shape index (κ3) is 1.77. The van der Waals surface area contributed by atoms with Crippen molar-refractivity contribution in [2.24, 2.45) is 0 Å². The summed E-state index contributed by atoms with van der Waals surface area (Å²) in [5.74, 6) is -0.965. The van der Waals surface area contributed by atoms with Crippen molar-refractivity contribution in [2.75, 3.05) is 13.1 Å². The van der Waals surface area contributed by atoms with E-state index in [1.54, 1.807) is 10.9 Å². The Morgan fingerprint density at radius 2 is 2.57 bits per heavy atom. The first-order valence-corrected chi connectivity index (χ1v) is 4.76. The molecule has 2 N–H and O–H groups in total. The summed E-state index contributed by atoms with van der Waals surface area (Å²) in [6, 6.07) is 1.84. The number of carbonyl (C=O) groups is 1. The molecule has 2 rings (SSSR count). The van der Waals surface area contributed by atoms with Crippen LogP contribution in [0.25, 0.3) is 0 Å². The molecule has 5 nitrogen and oxygen atoms in total. The normalized spacial score (nSPS) is 22.1. The summed E-state index contributed by atoms with van der Waals surface area (Å²) in [4.78, 5) is 10.6. The fraction of sp³-hybridized carbons (Fsp3) is 0.556. The van der Waals surface area contributed by atoms with Crippen LogP contribution in [0.1, 0.15) is 29.4 Å². The molecule has 0 bridgehead atoms. The monoisotopic (exact) mass is 195 g/mol. The zero-order valence-corrected chi connectivity index (χ0v) is 7.81. The highest BCUT2D eigenvalue weighted by atomic mass is 16.4. The van der Waals surface area contributed by atoms with Gasteiger partial charge in [0.2, 0.25) is 0 Å². The Morgan fingerprint density at radius 3 is 3.14 bits per heavy atom. The first-order chi connectivity index (χ1) is 6.77. The highest BCUT2D eigenvalue weighted by Gasteiger charge is 2.16. The summed E-state index contributed by atoms with van der Waals surface area (Å²) in [6.07, 6.45) is 3.92. The van der Waals surface area contributed by atoms with Gasteiger partial charge in [0.15, 0.2) is 5.69 Å². The van der Waals surface area contributed by atoms with Crippen LogP contribution in [0, 0.1) is 0 Å². The van der Waals surface area contributed by atoms with Crippen molar-refractivity contribution in [1.82, 2.24) is 15.1 Å². The molecule has 1 saturated heterocycles. The number of piperidine rings is 1. The van der Waals surface area contributed by atoms with Gasteiger partial charge in [-0.1, -0.05) is 0 Å². The molecule has 0 saturated carbocycles. The van der Waals surface area contributed by atoms with Gasteiger partial charge in [0.25, 0.3) is 0 Å². The number of rotatable bonds is 2. The maximum absolute atomic E-state index is 10.6. The number of carboxylic acid groups (broad SMARTS) is 1. The van der Waals surface area contributed by atoms with Crippen LogP contribution in [0.2, 0.25) is 0 Å². The number of carboxylic acids is 1. The second-order valence-electron chi connectivity index (χ2n) is 3.49. The minimum Gasteiger partial charge on any atom is -0.476 e. The Morgan fingerprint density at radius 1 is 1.71 bits per heavy atom. The molecule has 0 radical (unpaired) electrons. The van der Waals surface area contributed by atoms with E-state index in [-0.39, 0.29) is 5.69 Å². The van der Waals surface area contributed by atoms with E-state index in [4.69, 9.17) is 5.11 Å². The molecule has 1 atom stereocenters. The van der Waals surface area contributed by atoms with Crippen LogP contribution in [-0.2, 0) is 0 Å². The molecule has 0 aromatic carbocycles. The summed E-state index contributed by atoms with van der Waals surface area (Å²) < 4.78 is 1.75. The van der Waals surface area contributed by atoms with Crippen molar-refractivity contribution in [1.29, 1.82) is 0 Å². The van der Waals surface area contributed by atoms with Gasteiger partial charge in [0.1, 0.15) is 0 Å².